The summed E-state index contributed by atoms with van der Waals surface area (Å²) >= 11 is 1.53. The van der Waals surface area contributed by atoms with Gasteiger partial charge in [0.1, 0.15) is 0 Å². The quantitative estimate of drug-likeness (QED) is 0.805. The predicted molar refractivity (Wildman–Crippen MR) is 82.7 cm³/mol. The fourth-order valence-corrected chi connectivity index (χ4v) is 3.95. The van der Waals surface area contributed by atoms with Gasteiger partial charge in [0.2, 0.25) is 0 Å². The lowest BCUT2D eigenvalue weighted by Gasteiger charge is -2.29. The first-order valence-electron chi connectivity index (χ1n) is 6.57. The van der Waals surface area contributed by atoms with Gasteiger partial charge in [-0.15, -0.1) is 11.8 Å². The van der Waals surface area contributed by atoms with Crippen LogP contribution in [0.4, 0.5) is 5.69 Å². The van der Waals surface area contributed by atoms with Crippen molar-refractivity contribution in [1.29, 1.82) is 0 Å². The van der Waals surface area contributed by atoms with E-state index >= 15 is 0 Å². The zero-order valence-corrected chi connectivity index (χ0v) is 13.3. The summed E-state index contributed by atoms with van der Waals surface area (Å²) in [7, 11) is -3.63. The molecule has 1 aromatic carbocycles. The average Bonchev–Trinajstić information content (AvgIpc) is 2.47. The fraction of sp³-hybridized carbons (Fsp3) is 0.462. The van der Waals surface area contributed by atoms with Crippen molar-refractivity contribution in [3.63, 3.8) is 0 Å². The summed E-state index contributed by atoms with van der Waals surface area (Å²) < 4.78 is 28.4. The summed E-state index contributed by atoms with van der Waals surface area (Å²) in [6, 6.07) is 7.16. The van der Waals surface area contributed by atoms with Gasteiger partial charge in [0.05, 0.1) is 11.6 Å². The number of rotatable bonds is 5. The van der Waals surface area contributed by atoms with E-state index in [1.54, 1.807) is 18.2 Å². The molecule has 8 heteroatoms. The average molecular weight is 330 g/mol. The van der Waals surface area contributed by atoms with Gasteiger partial charge in [-0.2, -0.15) is 12.7 Å². The van der Waals surface area contributed by atoms with Crippen LogP contribution in [0.1, 0.15) is 12.8 Å². The molecule has 2 rings (SSSR count). The largest absolute Gasteiger partial charge is 0.481 e. The van der Waals surface area contributed by atoms with Crippen molar-refractivity contribution < 1.29 is 18.3 Å². The molecule has 1 aromatic rings. The third kappa shape index (κ3) is 4.12. The number of hydrogen-bond acceptors (Lipinski definition) is 4. The van der Waals surface area contributed by atoms with E-state index in [0.717, 1.165) is 4.90 Å². The summed E-state index contributed by atoms with van der Waals surface area (Å²) in [4.78, 5) is 11.9. The van der Waals surface area contributed by atoms with Crippen molar-refractivity contribution >= 4 is 33.6 Å². The van der Waals surface area contributed by atoms with Crippen molar-refractivity contribution in [2.24, 2.45) is 5.92 Å². The molecule has 6 nitrogen and oxygen atoms in total. The van der Waals surface area contributed by atoms with E-state index < -0.39 is 22.1 Å². The third-order valence-electron chi connectivity index (χ3n) is 3.46. The van der Waals surface area contributed by atoms with Crippen LogP contribution >= 0.6 is 11.8 Å². The highest BCUT2D eigenvalue weighted by Gasteiger charge is 2.30. The molecule has 21 heavy (non-hydrogen) atoms. The number of aliphatic carboxylic acids is 1. The van der Waals surface area contributed by atoms with Gasteiger partial charge >= 0.3 is 16.2 Å². The molecule has 0 radical (unpaired) electrons. The van der Waals surface area contributed by atoms with Crippen molar-refractivity contribution in [2.75, 3.05) is 24.1 Å². The minimum Gasteiger partial charge on any atom is -0.481 e. The van der Waals surface area contributed by atoms with Crippen LogP contribution in [-0.4, -0.2) is 43.1 Å². The molecule has 0 atom stereocenters. The Labute approximate surface area is 128 Å². The maximum absolute atomic E-state index is 12.3. The van der Waals surface area contributed by atoms with Gasteiger partial charge in [0, 0.05) is 18.0 Å². The highest BCUT2D eigenvalue weighted by molar-refractivity contribution is 7.98. The maximum atomic E-state index is 12.3. The van der Waals surface area contributed by atoms with Gasteiger partial charge in [-0.05, 0) is 37.3 Å². The zero-order chi connectivity index (χ0) is 15.5. The van der Waals surface area contributed by atoms with Gasteiger partial charge in [-0.3, -0.25) is 9.52 Å². The Morgan fingerprint density at radius 2 is 2.05 bits per heavy atom. The summed E-state index contributed by atoms with van der Waals surface area (Å²) in [5.41, 5.74) is 0.516. The van der Waals surface area contributed by atoms with E-state index in [1.807, 2.05) is 12.3 Å². The van der Waals surface area contributed by atoms with E-state index in [0.29, 0.717) is 18.5 Å². The minimum absolute atomic E-state index is 0.231. The highest BCUT2D eigenvalue weighted by Crippen LogP contribution is 2.23. The van der Waals surface area contributed by atoms with E-state index in [1.165, 1.54) is 16.1 Å². The van der Waals surface area contributed by atoms with Crippen molar-refractivity contribution in [3.8, 4) is 0 Å². The molecule has 0 spiro atoms. The maximum Gasteiger partial charge on any atom is 0.306 e. The van der Waals surface area contributed by atoms with Gasteiger partial charge in [-0.1, -0.05) is 6.07 Å². The lowest BCUT2D eigenvalue weighted by Crippen LogP contribution is -2.42. The Kier molecular flexibility index (Phi) is 5.13. The number of nitrogens with zero attached hydrogens (tertiary/aromatic N) is 1. The summed E-state index contributed by atoms with van der Waals surface area (Å²) in [5.74, 6) is -1.30. The number of anilines is 1. The van der Waals surface area contributed by atoms with Crippen molar-refractivity contribution in [1.82, 2.24) is 4.31 Å². The van der Waals surface area contributed by atoms with Crippen LogP contribution in [0.25, 0.3) is 0 Å². The first-order chi connectivity index (χ1) is 9.92. The number of carbonyl (C=O) groups is 1. The van der Waals surface area contributed by atoms with E-state index in [4.69, 9.17) is 5.11 Å². The molecule has 0 amide bonds. The topological polar surface area (TPSA) is 86.7 Å². The van der Waals surface area contributed by atoms with Crippen LogP contribution in [0.3, 0.4) is 0 Å². The number of nitrogens with one attached hydrogen (secondary N) is 1. The predicted octanol–water partition coefficient (Wildman–Crippen LogP) is 1.86. The normalized spacial score (nSPS) is 17.6. The molecule has 116 valence electrons. The number of benzene rings is 1. The molecule has 0 aromatic heterocycles. The van der Waals surface area contributed by atoms with Gasteiger partial charge in [0.25, 0.3) is 0 Å². The van der Waals surface area contributed by atoms with E-state index in [-0.39, 0.29) is 13.1 Å². The lowest BCUT2D eigenvalue weighted by atomic mass is 9.99. The highest BCUT2D eigenvalue weighted by atomic mass is 32.2. The Morgan fingerprint density at radius 1 is 1.38 bits per heavy atom. The van der Waals surface area contributed by atoms with Crippen LogP contribution in [0.5, 0.6) is 0 Å². The van der Waals surface area contributed by atoms with Crippen molar-refractivity contribution in [3.05, 3.63) is 24.3 Å². The van der Waals surface area contributed by atoms with Crippen LogP contribution in [0.2, 0.25) is 0 Å². The Hall–Kier alpha value is -1.25. The summed E-state index contributed by atoms with van der Waals surface area (Å²) in [6.07, 6.45) is 2.62. The number of thioether (sulfide) groups is 1. The molecule has 0 aliphatic carbocycles. The lowest BCUT2D eigenvalue weighted by molar-refractivity contribution is -0.142. The molecular formula is C13H18N2O4S2. The van der Waals surface area contributed by atoms with Crippen LogP contribution in [0.15, 0.2) is 29.2 Å². The molecular weight excluding hydrogens is 312 g/mol. The number of piperidine rings is 1. The minimum atomic E-state index is -3.63. The van der Waals surface area contributed by atoms with Crippen LogP contribution in [-0.2, 0) is 15.0 Å². The molecule has 1 aliphatic rings. The first-order valence-corrected chi connectivity index (χ1v) is 9.23. The van der Waals surface area contributed by atoms with E-state index in [9.17, 15) is 13.2 Å². The second-order valence-corrected chi connectivity index (χ2v) is 7.40. The molecule has 0 saturated carbocycles. The van der Waals surface area contributed by atoms with Gasteiger partial charge in [-0.25, -0.2) is 0 Å². The molecule has 1 fully saturated rings. The summed E-state index contributed by atoms with van der Waals surface area (Å²) in [5, 5.41) is 8.93. The first kappa shape index (κ1) is 16.1. The monoisotopic (exact) mass is 330 g/mol. The fourth-order valence-electron chi connectivity index (χ4n) is 2.24. The van der Waals surface area contributed by atoms with Gasteiger partial charge in [0.15, 0.2) is 0 Å². The second kappa shape index (κ2) is 6.67. The molecule has 1 saturated heterocycles. The SMILES string of the molecule is CSc1cccc(NS(=O)(=O)N2CCC(C(=O)O)CC2)c1. The van der Waals surface area contributed by atoms with Gasteiger partial charge < -0.3 is 5.11 Å². The zero-order valence-electron chi connectivity index (χ0n) is 11.7. The summed E-state index contributed by atoms with van der Waals surface area (Å²) in [6.45, 7) is 0.461. The number of carboxylic acid groups (broad SMARTS) is 1. The third-order valence-corrected chi connectivity index (χ3v) is 5.72. The standard InChI is InChI=1S/C13H18N2O4S2/c1-20-12-4-2-3-11(9-12)14-21(18,19)15-7-5-10(6-8-15)13(16)17/h2-4,9-10,14H,5-8H2,1H3,(H,16,17). The smallest absolute Gasteiger partial charge is 0.306 e. The van der Waals surface area contributed by atoms with Crippen molar-refractivity contribution in [2.45, 2.75) is 17.7 Å². The molecule has 0 unspecified atom stereocenters. The number of carboxylic acids is 1. The van der Waals surface area contributed by atoms with Crippen LogP contribution < -0.4 is 4.72 Å². The van der Waals surface area contributed by atoms with E-state index in [2.05, 4.69) is 4.72 Å². The Balaban J connectivity index is 2.03. The Morgan fingerprint density at radius 3 is 2.62 bits per heavy atom. The van der Waals surface area contributed by atoms with Crippen LogP contribution in [0, 0.1) is 5.92 Å². The molecule has 2 N–H and O–H groups in total. The second-order valence-electron chi connectivity index (χ2n) is 4.85. The molecule has 1 heterocycles. The molecule has 0 bridgehead atoms. The molecule has 1 aliphatic heterocycles. The number of hydrogen-bond donors (Lipinski definition) is 2. The Bertz CT molecular complexity index is 610.